The number of aromatic nitrogens is 2. The van der Waals surface area contributed by atoms with Crippen LogP contribution in [0, 0.1) is 0 Å². The van der Waals surface area contributed by atoms with E-state index in [1.54, 1.807) is 31.2 Å². The van der Waals surface area contributed by atoms with Crippen LogP contribution in [0.15, 0.2) is 28.8 Å². The molecular weight excluding hydrogens is 300 g/mol. The molecule has 0 fully saturated rings. The third-order valence-electron chi connectivity index (χ3n) is 3.08. The van der Waals surface area contributed by atoms with Gasteiger partial charge in [-0.1, -0.05) is 23.7 Å². The second kappa shape index (κ2) is 5.93. The first-order valence-electron chi connectivity index (χ1n) is 6.22. The second-order valence-corrected chi connectivity index (χ2v) is 7.40. The van der Waals surface area contributed by atoms with Gasteiger partial charge < -0.3 is 4.52 Å². The first-order chi connectivity index (χ1) is 9.42. The van der Waals surface area contributed by atoms with Gasteiger partial charge in [-0.05, 0) is 37.6 Å². The van der Waals surface area contributed by atoms with Crippen LogP contribution in [0.1, 0.15) is 26.2 Å². The molecule has 0 N–H and O–H groups in total. The molecule has 0 amide bonds. The molecule has 0 saturated heterocycles. The number of sulfone groups is 1. The molecule has 0 aliphatic rings. The van der Waals surface area contributed by atoms with Gasteiger partial charge in [0.2, 0.25) is 11.7 Å². The second-order valence-electron chi connectivity index (χ2n) is 4.54. The van der Waals surface area contributed by atoms with Gasteiger partial charge in [0.05, 0.1) is 5.25 Å². The van der Waals surface area contributed by atoms with Gasteiger partial charge in [-0.25, -0.2) is 8.42 Å². The van der Waals surface area contributed by atoms with Gasteiger partial charge in [0.15, 0.2) is 9.84 Å². The summed E-state index contributed by atoms with van der Waals surface area (Å²) >= 11 is 5.80. The van der Waals surface area contributed by atoms with Crippen LogP contribution in [0.5, 0.6) is 0 Å². The molecule has 0 bridgehead atoms. The van der Waals surface area contributed by atoms with Gasteiger partial charge in [0.1, 0.15) is 5.75 Å². The lowest BCUT2D eigenvalue weighted by molar-refractivity contribution is 0.389. The minimum atomic E-state index is -3.26. The molecule has 2 aromatic rings. The van der Waals surface area contributed by atoms with Crippen molar-refractivity contribution in [2.45, 2.75) is 31.3 Å². The number of halogens is 1. The standard InChI is InChI=1S/C13H15ClN2O3S/c1-3-9(2)20(17,18)8-12-15-13(16-19-12)10-4-6-11(14)7-5-10/h4-7,9H,3,8H2,1-2H3. The molecule has 1 aromatic heterocycles. The van der Waals surface area contributed by atoms with Crippen molar-refractivity contribution >= 4 is 21.4 Å². The lowest BCUT2D eigenvalue weighted by atomic mass is 10.2. The number of hydrogen-bond donors (Lipinski definition) is 0. The first kappa shape index (κ1) is 15.0. The Balaban J connectivity index is 2.20. The Morgan fingerprint density at radius 2 is 1.95 bits per heavy atom. The SMILES string of the molecule is CCC(C)S(=O)(=O)Cc1nc(-c2ccc(Cl)cc2)no1. The van der Waals surface area contributed by atoms with Crippen LogP contribution in [0.25, 0.3) is 11.4 Å². The molecule has 1 unspecified atom stereocenters. The van der Waals surface area contributed by atoms with Crippen molar-refractivity contribution in [2.75, 3.05) is 0 Å². The molecule has 0 aliphatic heterocycles. The average Bonchev–Trinajstić information content (AvgIpc) is 2.86. The zero-order valence-corrected chi connectivity index (χ0v) is 12.8. The summed E-state index contributed by atoms with van der Waals surface area (Å²) in [6, 6.07) is 6.92. The smallest absolute Gasteiger partial charge is 0.242 e. The van der Waals surface area contributed by atoms with E-state index in [0.29, 0.717) is 17.3 Å². The van der Waals surface area contributed by atoms with Crippen molar-refractivity contribution < 1.29 is 12.9 Å². The highest BCUT2D eigenvalue weighted by molar-refractivity contribution is 7.91. The predicted molar refractivity (Wildman–Crippen MR) is 77.1 cm³/mol. The van der Waals surface area contributed by atoms with E-state index < -0.39 is 15.1 Å². The maximum atomic E-state index is 12.0. The topological polar surface area (TPSA) is 73.1 Å². The zero-order chi connectivity index (χ0) is 14.8. The average molecular weight is 315 g/mol. The largest absolute Gasteiger partial charge is 0.338 e. The summed E-state index contributed by atoms with van der Waals surface area (Å²) in [4.78, 5) is 4.11. The zero-order valence-electron chi connectivity index (χ0n) is 11.2. The van der Waals surface area contributed by atoms with E-state index in [0.717, 1.165) is 5.56 Å². The maximum absolute atomic E-state index is 12.0. The highest BCUT2D eigenvalue weighted by Gasteiger charge is 2.23. The Kier molecular flexibility index (Phi) is 4.45. The van der Waals surface area contributed by atoms with E-state index in [-0.39, 0.29) is 11.6 Å². The van der Waals surface area contributed by atoms with Gasteiger partial charge >= 0.3 is 0 Å². The molecule has 0 radical (unpaired) electrons. The summed E-state index contributed by atoms with van der Waals surface area (Å²) in [5.74, 6) is 0.231. The summed E-state index contributed by atoms with van der Waals surface area (Å²) in [6.07, 6.45) is 0.556. The number of hydrogen-bond acceptors (Lipinski definition) is 5. The van der Waals surface area contributed by atoms with Crippen LogP contribution in [0.2, 0.25) is 5.02 Å². The number of rotatable bonds is 5. The Labute approximate surface area is 122 Å². The van der Waals surface area contributed by atoms with E-state index in [1.807, 2.05) is 6.92 Å². The highest BCUT2D eigenvalue weighted by Crippen LogP contribution is 2.20. The van der Waals surface area contributed by atoms with Gasteiger partial charge in [-0.2, -0.15) is 4.98 Å². The summed E-state index contributed by atoms with van der Waals surface area (Å²) in [5, 5.41) is 3.98. The highest BCUT2D eigenvalue weighted by atomic mass is 35.5. The van der Waals surface area contributed by atoms with E-state index in [1.165, 1.54) is 0 Å². The molecule has 1 heterocycles. The van der Waals surface area contributed by atoms with Crippen molar-refractivity contribution in [3.63, 3.8) is 0 Å². The maximum Gasteiger partial charge on any atom is 0.242 e. The fourth-order valence-corrected chi connectivity index (χ4v) is 2.98. The van der Waals surface area contributed by atoms with Crippen LogP contribution in [-0.2, 0) is 15.6 Å². The molecule has 0 spiro atoms. The van der Waals surface area contributed by atoms with E-state index in [2.05, 4.69) is 10.1 Å². The molecule has 1 atom stereocenters. The van der Waals surface area contributed by atoms with Gasteiger partial charge in [-0.3, -0.25) is 0 Å². The molecule has 0 aliphatic carbocycles. The van der Waals surface area contributed by atoms with Crippen molar-refractivity contribution in [3.8, 4) is 11.4 Å². The van der Waals surface area contributed by atoms with Crippen LogP contribution in [-0.4, -0.2) is 23.8 Å². The normalized spacial score (nSPS) is 13.3. The van der Waals surface area contributed by atoms with Crippen LogP contribution in [0.3, 0.4) is 0 Å². The first-order valence-corrected chi connectivity index (χ1v) is 8.32. The van der Waals surface area contributed by atoms with Crippen molar-refractivity contribution in [3.05, 3.63) is 35.2 Å². The predicted octanol–water partition coefficient (Wildman–Crippen LogP) is 3.10. The van der Waals surface area contributed by atoms with E-state index >= 15 is 0 Å². The van der Waals surface area contributed by atoms with Crippen LogP contribution >= 0.6 is 11.6 Å². The lowest BCUT2D eigenvalue weighted by Gasteiger charge is -2.07. The quantitative estimate of drug-likeness (QED) is 0.847. The Hall–Kier alpha value is -1.40. The van der Waals surface area contributed by atoms with Crippen molar-refractivity contribution in [2.24, 2.45) is 0 Å². The summed E-state index contributed by atoms with van der Waals surface area (Å²) in [5.41, 5.74) is 0.727. The fraction of sp³-hybridized carbons (Fsp3) is 0.385. The van der Waals surface area contributed by atoms with Gasteiger partial charge in [-0.15, -0.1) is 0 Å². The Morgan fingerprint density at radius 1 is 1.30 bits per heavy atom. The molecule has 108 valence electrons. The Morgan fingerprint density at radius 3 is 2.55 bits per heavy atom. The lowest BCUT2D eigenvalue weighted by Crippen LogP contribution is -2.18. The third-order valence-corrected chi connectivity index (χ3v) is 5.54. The minimum absolute atomic E-state index is 0.107. The third kappa shape index (κ3) is 3.37. The Bertz CT molecular complexity index is 680. The molecular formula is C13H15ClN2O3S. The molecule has 1 aromatic carbocycles. The molecule has 2 rings (SSSR count). The summed E-state index contributed by atoms with van der Waals surface area (Å²) in [7, 11) is -3.26. The van der Waals surface area contributed by atoms with Crippen LogP contribution in [0.4, 0.5) is 0 Å². The molecule has 5 nitrogen and oxygen atoms in total. The van der Waals surface area contributed by atoms with Gasteiger partial charge in [0, 0.05) is 10.6 Å². The van der Waals surface area contributed by atoms with Crippen molar-refractivity contribution in [1.29, 1.82) is 0 Å². The van der Waals surface area contributed by atoms with E-state index in [4.69, 9.17) is 16.1 Å². The molecule has 20 heavy (non-hydrogen) atoms. The molecule has 7 heteroatoms. The van der Waals surface area contributed by atoms with Crippen LogP contribution < -0.4 is 0 Å². The summed E-state index contributed by atoms with van der Waals surface area (Å²) < 4.78 is 29.0. The van der Waals surface area contributed by atoms with Gasteiger partial charge in [0.25, 0.3) is 0 Å². The number of benzene rings is 1. The molecule has 0 saturated carbocycles. The summed E-state index contributed by atoms with van der Waals surface area (Å²) in [6.45, 7) is 3.50. The number of nitrogens with zero attached hydrogens (tertiary/aromatic N) is 2. The monoisotopic (exact) mass is 314 g/mol. The van der Waals surface area contributed by atoms with E-state index in [9.17, 15) is 8.42 Å². The van der Waals surface area contributed by atoms with Crippen molar-refractivity contribution in [1.82, 2.24) is 10.1 Å². The fourth-order valence-electron chi connectivity index (χ4n) is 1.60. The minimum Gasteiger partial charge on any atom is -0.338 e.